The zero-order valence-corrected chi connectivity index (χ0v) is 18.4. The number of nitrogens with zero attached hydrogens (tertiary/aromatic N) is 1. The van der Waals surface area contributed by atoms with Crippen molar-refractivity contribution in [2.24, 2.45) is 0 Å². The van der Waals surface area contributed by atoms with Crippen LogP contribution in [0.4, 0.5) is 4.79 Å². The number of halogens is 2. The van der Waals surface area contributed by atoms with E-state index in [0.29, 0.717) is 21.2 Å². The zero-order valence-electron chi connectivity index (χ0n) is 16.1. The van der Waals surface area contributed by atoms with Gasteiger partial charge in [-0.15, -0.1) is 0 Å². The van der Waals surface area contributed by atoms with Crippen molar-refractivity contribution in [2.75, 3.05) is 19.6 Å². The first kappa shape index (κ1) is 22.9. The Bertz CT molecular complexity index is 1060. The van der Waals surface area contributed by atoms with Crippen LogP contribution < -0.4 is 10.6 Å². The second kappa shape index (κ2) is 10.5. The lowest BCUT2D eigenvalue weighted by molar-refractivity contribution is -0.124. The molecule has 2 aromatic rings. The standard InChI is InChI=1S/C21H17Cl2N3O4S/c22-15-7-5-13(6-8-15)19(28)25-12-18(27)24-9-10-26-20(29)17(31-21(26)30)11-14-3-1-2-4-16(14)23/h1-8,11H,9-10,12H2,(H,24,27)(H,25,28). The first-order valence-electron chi connectivity index (χ1n) is 9.15. The minimum absolute atomic E-state index is 0.0153. The highest BCUT2D eigenvalue weighted by atomic mass is 35.5. The number of nitrogens with one attached hydrogen (secondary N) is 2. The van der Waals surface area contributed by atoms with Crippen LogP contribution >= 0.6 is 35.0 Å². The molecule has 1 aliphatic heterocycles. The molecule has 0 unspecified atom stereocenters. The molecule has 160 valence electrons. The number of thioether (sulfide) groups is 1. The molecule has 2 aromatic carbocycles. The van der Waals surface area contributed by atoms with Gasteiger partial charge in [0.05, 0.1) is 11.4 Å². The summed E-state index contributed by atoms with van der Waals surface area (Å²) in [5, 5.41) is 5.61. The van der Waals surface area contributed by atoms with Crippen molar-refractivity contribution < 1.29 is 19.2 Å². The van der Waals surface area contributed by atoms with Gasteiger partial charge < -0.3 is 10.6 Å². The third-order valence-electron chi connectivity index (χ3n) is 4.24. The molecule has 0 aliphatic carbocycles. The van der Waals surface area contributed by atoms with Gasteiger partial charge >= 0.3 is 0 Å². The summed E-state index contributed by atoms with van der Waals surface area (Å²) in [5.74, 6) is -1.30. The van der Waals surface area contributed by atoms with Gasteiger partial charge in [0.15, 0.2) is 0 Å². The molecule has 1 aliphatic rings. The Kier molecular flexibility index (Phi) is 7.73. The number of hydrogen-bond donors (Lipinski definition) is 2. The molecule has 31 heavy (non-hydrogen) atoms. The average molecular weight is 478 g/mol. The molecule has 1 fully saturated rings. The van der Waals surface area contributed by atoms with Crippen LogP contribution in [0.3, 0.4) is 0 Å². The van der Waals surface area contributed by atoms with Crippen LogP contribution in [0.1, 0.15) is 15.9 Å². The van der Waals surface area contributed by atoms with Crippen molar-refractivity contribution in [3.05, 3.63) is 74.6 Å². The third-order valence-corrected chi connectivity index (χ3v) is 5.74. The first-order valence-corrected chi connectivity index (χ1v) is 10.7. The molecule has 1 saturated heterocycles. The quantitative estimate of drug-likeness (QED) is 0.594. The fraction of sp³-hybridized carbons (Fsp3) is 0.143. The minimum atomic E-state index is -0.444. The SMILES string of the molecule is O=C(CNC(=O)c1ccc(Cl)cc1)NCCN1C(=O)SC(=Cc2ccccc2Cl)C1=O. The first-order chi connectivity index (χ1) is 14.8. The number of carbonyl (C=O) groups is 4. The van der Waals surface area contributed by atoms with E-state index in [0.717, 1.165) is 16.7 Å². The van der Waals surface area contributed by atoms with E-state index in [1.165, 1.54) is 0 Å². The van der Waals surface area contributed by atoms with Gasteiger partial charge in [-0.05, 0) is 53.7 Å². The van der Waals surface area contributed by atoms with Crippen molar-refractivity contribution in [2.45, 2.75) is 0 Å². The van der Waals surface area contributed by atoms with Crippen LogP contribution in [0.5, 0.6) is 0 Å². The number of carbonyl (C=O) groups excluding carboxylic acids is 4. The number of imide groups is 1. The van der Waals surface area contributed by atoms with Gasteiger partial charge in [0.1, 0.15) is 0 Å². The number of amides is 4. The fourth-order valence-corrected chi connectivity index (χ4v) is 3.83. The van der Waals surface area contributed by atoms with Crippen molar-refractivity contribution in [3.8, 4) is 0 Å². The van der Waals surface area contributed by atoms with Gasteiger partial charge in [0, 0.05) is 28.7 Å². The van der Waals surface area contributed by atoms with Crippen LogP contribution in [0, 0.1) is 0 Å². The molecule has 1 heterocycles. The highest BCUT2D eigenvalue weighted by Crippen LogP contribution is 2.33. The van der Waals surface area contributed by atoms with Crippen LogP contribution in [0.15, 0.2) is 53.4 Å². The Morgan fingerprint density at radius 3 is 2.42 bits per heavy atom. The van der Waals surface area contributed by atoms with E-state index in [1.54, 1.807) is 54.6 Å². The van der Waals surface area contributed by atoms with Crippen LogP contribution in [0.25, 0.3) is 6.08 Å². The second-order valence-electron chi connectivity index (χ2n) is 6.39. The summed E-state index contributed by atoms with van der Waals surface area (Å²) in [6, 6.07) is 13.2. The molecule has 0 spiro atoms. The van der Waals surface area contributed by atoms with E-state index < -0.39 is 23.0 Å². The predicted molar refractivity (Wildman–Crippen MR) is 121 cm³/mol. The van der Waals surface area contributed by atoms with E-state index in [4.69, 9.17) is 23.2 Å². The number of rotatable bonds is 7. The Morgan fingerprint density at radius 1 is 1.00 bits per heavy atom. The molecule has 3 rings (SSSR count). The van der Waals surface area contributed by atoms with E-state index in [1.807, 2.05) is 0 Å². The minimum Gasteiger partial charge on any atom is -0.353 e. The molecule has 0 saturated carbocycles. The van der Waals surface area contributed by atoms with Gasteiger partial charge in [0.25, 0.3) is 17.1 Å². The van der Waals surface area contributed by atoms with Crippen LogP contribution in [-0.2, 0) is 9.59 Å². The normalized spacial score (nSPS) is 14.8. The van der Waals surface area contributed by atoms with E-state index in [-0.39, 0.29) is 24.5 Å². The summed E-state index contributed by atoms with van der Waals surface area (Å²) < 4.78 is 0. The molecule has 0 atom stereocenters. The lowest BCUT2D eigenvalue weighted by Gasteiger charge is -2.13. The smallest absolute Gasteiger partial charge is 0.293 e. The molecule has 7 nitrogen and oxygen atoms in total. The van der Waals surface area contributed by atoms with Crippen molar-refractivity contribution in [3.63, 3.8) is 0 Å². The van der Waals surface area contributed by atoms with Crippen LogP contribution in [-0.4, -0.2) is 47.5 Å². The molecule has 0 bridgehead atoms. The van der Waals surface area contributed by atoms with E-state index in [9.17, 15) is 19.2 Å². The molecular formula is C21H17Cl2N3O4S. The summed E-state index contributed by atoms with van der Waals surface area (Å²) in [5.41, 5.74) is 1.01. The maximum atomic E-state index is 12.5. The van der Waals surface area contributed by atoms with Crippen molar-refractivity contribution >= 4 is 64.0 Å². The van der Waals surface area contributed by atoms with Gasteiger partial charge in [0.2, 0.25) is 5.91 Å². The predicted octanol–water partition coefficient (Wildman–Crippen LogP) is 3.58. The highest BCUT2D eigenvalue weighted by Gasteiger charge is 2.34. The molecule has 0 radical (unpaired) electrons. The van der Waals surface area contributed by atoms with Crippen molar-refractivity contribution in [1.29, 1.82) is 0 Å². The Labute approximate surface area is 192 Å². The molecule has 10 heteroatoms. The number of hydrogen-bond acceptors (Lipinski definition) is 5. The van der Waals surface area contributed by atoms with Crippen molar-refractivity contribution in [1.82, 2.24) is 15.5 Å². The lowest BCUT2D eigenvalue weighted by atomic mass is 10.2. The van der Waals surface area contributed by atoms with Gasteiger partial charge in [-0.3, -0.25) is 24.1 Å². The third kappa shape index (κ3) is 6.10. The molecule has 0 aromatic heterocycles. The summed E-state index contributed by atoms with van der Waals surface area (Å²) in [4.78, 5) is 49.9. The molecular weight excluding hydrogens is 461 g/mol. The van der Waals surface area contributed by atoms with E-state index in [2.05, 4.69) is 10.6 Å². The monoisotopic (exact) mass is 477 g/mol. The highest BCUT2D eigenvalue weighted by molar-refractivity contribution is 8.18. The number of benzene rings is 2. The lowest BCUT2D eigenvalue weighted by Crippen LogP contribution is -2.41. The molecule has 2 N–H and O–H groups in total. The Morgan fingerprint density at radius 2 is 1.71 bits per heavy atom. The van der Waals surface area contributed by atoms with Crippen LogP contribution in [0.2, 0.25) is 10.0 Å². The summed E-state index contributed by atoms with van der Waals surface area (Å²) >= 11 is 12.7. The Balaban J connectivity index is 1.46. The van der Waals surface area contributed by atoms with E-state index >= 15 is 0 Å². The Hall–Kier alpha value is -2.81. The van der Waals surface area contributed by atoms with Gasteiger partial charge in [-0.2, -0.15) is 0 Å². The van der Waals surface area contributed by atoms with Gasteiger partial charge in [-0.1, -0.05) is 41.4 Å². The largest absolute Gasteiger partial charge is 0.353 e. The summed E-state index contributed by atoms with van der Waals surface area (Å²) in [7, 11) is 0. The maximum absolute atomic E-state index is 12.5. The fourth-order valence-electron chi connectivity index (χ4n) is 2.66. The maximum Gasteiger partial charge on any atom is 0.293 e. The topological polar surface area (TPSA) is 95.6 Å². The summed E-state index contributed by atoms with van der Waals surface area (Å²) in [6.07, 6.45) is 1.57. The second-order valence-corrected chi connectivity index (χ2v) is 8.23. The zero-order chi connectivity index (χ0) is 22.4. The average Bonchev–Trinajstić information content (AvgIpc) is 3.01. The molecule has 4 amide bonds. The van der Waals surface area contributed by atoms with Gasteiger partial charge in [-0.25, -0.2) is 0 Å². The summed E-state index contributed by atoms with van der Waals surface area (Å²) in [6.45, 7) is -0.162.